The van der Waals surface area contributed by atoms with Gasteiger partial charge in [-0.15, -0.1) is 0 Å². The molecule has 3 nitrogen and oxygen atoms in total. The van der Waals surface area contributed by atoms with Crippen molar-refractivity contribution in [1.82, 2.24) is 0 Å². The number of thioether (sulfide) groups is 1. The minimum Gasteiger partial charge on any atom is -0.462 e. The maximum atomic E-state index is 12.5. The smallest absolute Gasteiger partial charge is 0.270 e. The summed E-state index contributed by atoms with van der Waals surface area (Å²) in [6.07, 6.45) is 1.74. The first-order valence-corrected chi connectivity index (χ1v) is 7.68. The Morgan fingerprint density at radius 1 is 1.14 bits per heavy atom. The Hall–Kier alpha value is -1.85. The molecule has 0 spiro atoms. The first-order valence-electron chi connectivity index (χ1n) is 6.45. The van der Waals surface area contributed by atoms with Gasteiger partial charge in [0.25, 0.3) is 5.91 Å². The maximum Gasteiger partial charge on any atom is 0.270 e. The van der Waals surface area contributed by atoms with Crippen molar-refractivity contribution in [2.24, 2.45) is 0 Å². The lowest BCUT2D eigenvalue weighted by molar-refractivity contribution is -0.113. The molecule has 2 heterocycles. The molecule has 0 saturated carbocycles. The average Bonchev–Trinajstić information content (AvgIpc) is 2.96. The van der Waals surface area contributed by atoms with E-state index < -0.39 is 0 Å². The fraction of sp³-hybridized carbons (Fsp3) is 0.125. The summed E-state index contributed by atoms with van der Waals surface area (Å²) in [7, 11) is 0. The van der Waals surface area contributed by atoms with E-state index in [2.05, 4.69) is 0 Å². The topological polar surface area (TPSA) is 33.5 Å². The number of carbonyl (C=O) groups is 1. The lowest BCUT2D eigenvalue weighted by Gasteiger charge is -2.14. The van der Waals surface area contributed by atoms with Crippen molar-refractivity contribution in [3.63, 3.8) is 0 Å². The summed E-state index contributed by atoms with van der Waals surface area (Å²) in [5, 5.41) is 0. The van der Waals surface area contributed by atoms with Crippen LogP contribution in [0.15, 0.2) is 45.7 Å². The summed E-state index contributed by atoms with van der Waals surface area (Å²) in [4.78, 5) is 14.7. The Balaban J connectivity index is 1.92. The monoisotopic (exact) mass is 315 g/mol. The first kappa shape index (κ1) is 14.1. The van der Waals surface area contributed by atoms with Gasteiger partial charge in [0.2, 0.25) is 0 Å². The van der Waals surface area contributed by atoms with Gasteiger partial charge in [0.15, 0.2) is 4.32 Å². The number of nitrogens with zero attached hydrogens (tertiary/aromatic N) is 1. The molecular formula is C16H13NO2S2. The van der Waals surface area contributed by atoms with Crippen LogP contribution in [-0.2, 0) is 4.79 Å². The van der Waals surface area contributed by atoms with Crippen LogP contribution in [0, 0.1) is 13.8 Å². The van der Waals surface area contributed by atoms with Crippen molar-refractivity contribution in [2.75, 3.05) is 4.90 Å². The van der Waals surface area contributed by atoms with Crippen LogP contribution < -0.4 is 4.90 Å². The van der Waals surface area contributed by atoms with Crippen molar-refractivity contribution in [3.05, 3.63) is 58.4 Å². The van der Waals surface area contributed by atoms with Gasteiger partial charge < -0.3 is 4.42 Å². The van der Waals surface area contributed by atoms with Gasteiger partial charge in [0.05, 0.1) is 10.6 Å². The quantitative estimate of drug-likeness (QED) is 0.611. The van der Waals surface area contributed by atoms with Crippen molar-refractivity contribution in [1.29, 1.82) is 0 Å². The van der Waals surface area contributed by atoms with Crippen LogP contribution in [0.1, 0.15) is 17.1 Å². The Labute approximate surface area is 132 Å². The van der Waals surface area contributed by atoms with Crippen molar-refractivity contribution in [2.45, 2.75) is 13.8 Å². The molecule has 1 amide bonds. The number of hydrogen-bond donors (Lipinski definition) is 0. The lowest BCUT2D eigenvalue weighted by Crippen LogP contribution is -2.27. The van der Waals surface area contributed by atoms with Crippen molar-refractivity contribution in [3.8, 4) is 0 Å². The van der Waals surface area contributed by atoms with Gasteiger partial charge in [-0.25, -0.2) is 0 Å². The SMILES string of the molecule is Cc1ccc(N2C(=O)/C(=C/c3ccc(C)o3)SC2=S)cc1. The van der Waals surface area contributed by atoms with E-state index in [1.54, 1.807) is 11.0 Å². The molecule has 0 unspecified atom stereocenters. The summed E-state index contributed by atoms with van der Waals surface area (Å²) < 4.78 is 6.02. The number of furan rings is 1. The predicted molar refractivity (Wildman–Crippen MR) is 90.3 cm³/mol. The van der Waals surface area contributed by atoms with Crippen LogP contribution in [0.5, 0.6) is 0 Å². The van der Waals surface area contributed by atoms with Crippen molar-refractivity contribution < 1.29 is 9.21 Å². The summed E-state index contributed by atoms with van der Waals surface area (Å²) in [6, 6.07) is 11.4. The minimum atomic E-state index is -0.108. The van der Waals surface area contributed by atoms with Crippen LogP contribution in [0.2, 0.25) is 0 Å². The number of benzene rings is 1. The largest absolute Gasteiger partial charge is 0.462 e. The number of carbonyl (C=O) groups excluding carboxylic acids is 1. The second kappa shape index (κ2) is 5.50. The maximum absolute atomic E-state index is 12.5. The molecular weight excluding hydrogens is 302 g/mol. The highest BCUT2D eigenvalue weighted by atomic mass is 32.2. The zero-order chi connectivity index (χ0) is 15.0. The van der Waals surface area contributed by atoms with E-state index >= 15 is 0 Å². The summed E-state index contributed by atoms with van der Waals surface area (Å²) in [6.45, 7) is 3.88. The van der Waals surface area contributed by atoms with E-state index in [0.717, 1.165) is 17.0 Å². The van der Waals surface area contributed by atoms with E-state index in [9.17, 15) is 4.79 Å². The number of rotatable bonds is 2. The van der Waals surface area contributed by atoms with Gasteiger partial charge in [-0.2, -0.15) is 0 Å². The number of aryl methyl sites for hydroxylation is 2. The molecule has 0 N–H and O–H groups in total. The van der Waals surface area contributed by atoms with E-state index in [-0.39, 0.29) is 5.91 Å². The van der Waals surface area contributed by atoms with Crippen LogP contribution in [0.3, 0.4) is 0 Å². The van der Waals surface area contributed by atoms with E-state index in [1.165, 1.54) is 11.8 Å². The van der Waals surface area contributed by atoms with Crippen LogP contribution >= 0.6 is 24.0 Å². The molecule has 1 aliphatic heterocycles. The summed E-state index contributed by atoms with van der Waals surface area (Å²) in [5.41, 5.74) is 1.94. The highest BCUT2D eigenvalue weighted by Gasteiger charge is 2.33. The van der Waals surface area contributed by atoms with Crippen LogP contribution in [0.25, 0.3) is 6.08 Å². The van der Waals surface area contributed by atoms with E-state index in [0.29, 0.717) is 15.0 Å². The normalized spacial score (nSPS) is 17.0. The molecule has 3 rings (SSSR count). The van der Waals surface area contributed by atoms with Crippen LogP contribution in [-0.4, -0.2) is 10.2 Å². The molecule has 0 atom stereocenters. The molecule has 1 aromatic heterocycles. The highest BCUT2D eigenvalue weighted by molar-refractivity contribution is 8.27. The minimum absolute atomic E-state index is 0.108. The fourth-order valence-corrected chi connectivity index (χ4v) is 3.32. The zero-order valence-corrected chi connectivity index (χ0v) is 13.3. The molecule has 21 heavy (non-hydrogen) atoms. The van der Waals surface area contributed by atoms with Gasteiger partial charge >= 0.3 is 0 Å². The van der Waals surface area contributed by atoms with Gasteiger partial charge in [0.1, 0.15) is 11.5 Å². The third-order valence-electron chi connectivity index (χ3n) is 3.12. The number of anilines is 1. The molecule has 1 aliphatic rings. The fourth-order valence-electron chi connectivity index (χ4n) is 2.04. The Morgan fingerprint density at radius 2 is 1.86 bits per heavy atom. The number of amides is 1. The van der Waals surface area contributed by atoms with Crippen molar-refractivity contribution >= 4 is 46.0 Å². The number of thiocarbonyl (C=S) groups is 1. The zero-order valence-electron chi connectivity index (χ0n) is 11.6. The molecule has 106 valence electrons. The van der Waals surface area contributed by atoms with Gasteiger partial charge in [-0.05, 0) is 38.1 Å². The standard InChI is InChI=1S/C16H13NO2S2/c1-10-3-6-12(7-4-10)17-15(18)14(21-16(17)20)9-13-8-5-11(2)19-13/h3-9H,1-2H3/b14-9-. The Kier molecular flexibility index (Phi) is 3.69. The van der Waals surface area contributed by atoms with E-state index in [4.69, 9.17) is 16.6 Å². The third-order valence-corrected chi connectivity index (χ3v) is 4.42. The summed E-state index contributed by atoms with van der Waals surface area (Å²) in [5.74, 6) is 1.37. The van der Waals surface area contributed by atoms with Gasteiger partial charge in [0, 0.05) is 6.08 Å². The predicted octanol–water partition coefficient (Wildman–Crippen LogP) is 4.30. The molecule has 1 aromatic carbocycles. The third kappa shape index (κ3) is 2.80. The summed E-state index contributed by atoms with van der Waals surface area (Å²) >= 11 is 6.62. The molecule has 1 fully saturated rings. The molecule has 2 aromatic rings. The lowest BCUT2D eigenvalue weighted by atomic mass is 10.2. The molecule has 1 saturated heterocycles. The first-order chi connectivity index (χ1) is 10.0. The molecule has 5 heteroatoms. The number of hydrogen-bond acceptors (Lipinski definition) is 4. The Morgan fingerprint density at radius 3 is 2.48 bits per heavy atom. The van der Waals surface area contributed by atoms with Gasteiger partial charge in [-0.3, -0.25) is 9.69 Å². The van der Waals surface area contributed by atoms with Gasteiger partial charge in [-0.1, -0.05) is 41.7 Å². The molecule has 0 bridgehead atoms. The average molecular weight is 315 g/mol. The second-order valence-corrected chi connectivity index (χ2v) is 6.48. The highest BCUT2D eigenvalue weighted by Crippen LogP contribution is 2.36. The second-order valence-electron chi connectivity index (χ2n) is 4.80. The van der Waals surface area contributed by atoms with E-state index in [1.807, 2.05) is 50.2 Å². The van der Waals surface area contributed by atoms with Crippen LogP contribution in [0.4, 0.5) is 5.69 Å². The molecule has 0 radical (unpaired) electrons. The molecule has 0 aliphatic carbocycles. The Bertz CT molecular complexity index is 744.